The van der Waals surface area contributed by atoms with E-state index < -0.39 is 16.6 Å². The Morgan fingerprint density at radius 2 is 1.71 bits per heavy atom. The first-order chi connectivity index (χ1) is 9.97. The Bertz CT molecular complexity index is 679. The fraction of sp³-hybridized carbons (Fsp3) is 0.143. The van der Waals surface area contributed by atoms with Crippen LogP contribution >= 0.6 is 11.6 Å². The fourth-order valence-electron chi connectivity index (χ4n) is 1.77. The van der Waals surface area contributed by atoms with E-state index in [2.05, 4.69) is 0 Å². The van der Waals surface area contributed by atoms with Crippen molar-refractivity contribution in [2.45, 2.75) is 12.5 Å². The summed E-state index contributed by atoms with van der Waals surface area (Å²) in [4.78, 5) is 9.95. The lowest BCUT2D eigenvalue weighted by Gasteiger charge is -2.08. The molecule has 0 amide bonds. The van der Waals surface area contributed by atoms with Gasteiger partial charge in [0.25, 0.3) is 5.69 Å². The SMILES string of the molecule is O=[N+]([O-])c1cc(F)cc(COc2cc(F)cc(CCl)c2)c1. The predicted molar refractivity (Wildman–Crippen MR) is 73.3 cm³/mol. The minimum absolute atomic E-state index is 0.121. The molecule has 0 atom stereocenters. The normalized spacial score (nSPS) is 10.4. The molecule has 2 aromatic rings. The van der Waals surface area contributed by atoms with Gasteiger partial charge < -0.3 is 4.74 Å². The molecule has 0 saturated carbocycles. The van der Waals surface area contributed by atoms with E-state index in [-0.39, 0.29) is 29.5 Å². The van der Waals surface area contributed by atoms with Gasteiger partial charge in [0.2, 0.25) is 0 Å². The van der Waals surface area contributed by atoms with Gasteiger partial charge in [-0.25, -0.2) is 8.78 Å². The Hall–Kier alpha value is -2.21. The smallest absolute Gasteiger partial charge is 0.272 e. The number of hydrogen-bond donors (Lipinski definition) is 0. The molecule has 0 spiro atoms. The van der Waals surface area contributed by atoms with E-state index >= 15 is 0 Å². The van der Waals surface area contributed by atoms with Crippen LogP contribution in [0.4, 0.5) is 14.5 Å². The summed E-state index contributed by atoms with van der Waals surface area (Å²) in [5.74, 6) is -0.894. The number of halogens is 3. The van der Waals surface area contributed by atoms with Crippen LogP contribution in [0.2, 0.25) is 0 Å². The summed E-state index contributed by atoms with van der Waals surface area (Å²) in [6.45, 7) is -0.121. The number of nitro benzene ring substituents is 1. The molecule has 0 aliphatic rings. The average Bonchev–Trinajstić information content (AvgIpc) is 2.44. The molecule has 0 aromatic heterocycles. The molecule has 0 fully saturated rings. The van der Waals surface area contributed by atoms with Crippen LogP contribution in [0.3, 0.4) is 0 Å². The zero-order valence-electron chi connectivity index (χ0n) is 10.7. The zero-order valence-corrected chi connectivity index (χ0v) is 11.4. The molecule has 0 saturated heterocycles. The number of rotatable bonds is 5. The summed E-state index contributed by atoms with van der Waals surface area (Å²) >= 11 is 5.62. The summed E-state index contributed by atoms with van der Waals surface area (Å²) in [7, 11) is 0. The molecule has 7 heteroatoms. The summed E-state index contributed by atoms with van der Waals surface area (Å²) < 4.78 is 31.9. The van der Waals surface area contributed by atoms with Crippen molar-refractivity contribution in [3.8, 4) is 5.75 Å². The highest BCUT2D eigenvalue weighted by atomic mass is 35.5. The van der Waals surface area contributed by atoms with Crippen LogP contribution in [0.5, 0.6) is 5.75 Å². The molecule has 2 rings (SSSR count). The van der Waals surface area contributed by atoms with E-state index in [9.17, 15) is 18.9 Å². The highest BCUT2D eigenvalue weighted by molar-refractivity contribution is 6.17. The fourth-order valence-corrected chi connectivity index (χ4v) is 1.92. The molecule has 0 unspecified atom stereocenters. The van der Waals surface area contributed by atoms with Gasteiger partial charge in [0.1, 0.15) is 24.0 Å². The van der Waals surface area contributed by atoms with Gasteiger partial charge in [-0.3, -0.25) is 10.1 Å². The van der Waals surface area contributed by atoms with Gasteiger partial charge in [-0.05, 0) is 29.3 Å². The molecule has 110 valence electrons. The van der Waals surface area contributed by atoms with Crippen molar-refractivity contribution in [3.05, 3.63) is 69.3 Å². The van der Waals surface area contributed by atoms with E-state index in [0.717, 1.165) is 18.2 Å². The van der Waals surface area contributed by atoms with Gasteiger partial charge in [-0.15, -0.1) is 11.6 Å². The average molecular weight is 314 g/mol. The van der Waals surface area contributed by atoms with E-state index in [0.29, 0.717) is 5.56 Å². The van der Waals surface area contributed by atoms with Crippen molar-refractivity contribution in [2.75, 3.05) is 0 Å². The molecule has 0 heterocycles. The second-order valence-electron chi connectivity index (χ2n) is 4.29. The third-order valence-electron chi connectivity index (χ3n) is 2.64. The number of alkyl halides is 1. The maximum atomic E-state index is 13.3. The van der Waals surface area contributed by atoms with Crippen molar-refractivity contribution in [3.63, 3.8) is 0 Å². The molecule has 0 aliphatic carbocycles. The van der Waals surface area contributed by atoms with E-state index in [1.165, 1.54) is 12.1 Å². The van der Waals surface area contributed by atoms with Gasteiger partial charge in [0.05, 0.1) is 11.0 Å². The highest BCUT2D eigenvalue weighted by Gasteiger charge is 2.10. The van der Waals surface area contributed by atoms with Crippen molar-refractivity contribution in [2.24, 2.45) is 0 Å². The van der Waals surface area contributed by atoms with Gasteiger partial charge in [-0.1, -0.05) is 0 Å². The van der Waals surface area contributed by atoms with Gasteiger partial charge in [0, 0.05) is 18.0 Å². The second kappa shape index (κ2) is 6.49. The molecule has 21 heavy (non-hydrogen) atoms. The second-order valence-corrected chi connectivity index (χ2v) is 4.56. The number of nitrogens with zero attached hydrogens (tertiary/aromatic N) is 1. The van der Waals surface area contributed by atoms with Crippen molar-refractivity contribution < 1.29 is 18.4 Å². The molecule has 0 aliphatic heterocycles. The number of non-ortho nitro benzene ring substituents is 1. The third-order valence-corrected chi connectivity index (χ3v) is 2.95. The Morgan fingerprint density at radius 1 is 1.05 bits per heavy atom. The Morgan fingerprint density at radius 3 is 2.38 bits per heavy atom. The van der Waals surface area contributed by atoms with Crippen molar-refractivity contribution in [1.29, 1.82) is 0 Å². The van der Waals surface area contributed by atoms with Gasteiger partial charge >= 0.3 is 0 Å². The number of ether oxygens (including phenoxy) is 1. The van der Waals surface area contributed by atoms with Crippen LogP contribution in [0.15, 0.2) is 36.4 Å². The van der Waals surface area contributed by atoms with E-state index in [1.807, 2.05) is 0 Å². The van der Waals surface area contributed by atoms with Gasteiger partial charge in [0.15, 0.2) is 0 Å². The molecule has 4 nitrogen and oxygen atoms in total. The van der Waals surface area contributed by atoms with Crippen LogP contribution in [-0.2, 0) is 12.5 Å². The monoisotopic (exact) mass is 313 g/mol. The first-order valence-electron chi connectivity index (χ1n) is 5.90. The largest absolute Gasteiger partial charge is 0.489 e. The predicted octanol–water partition coefficient (Wildman–Crippen LogP) is 4.19. The standard InChI is InChI=1S/C14H10ClF2NO3/c15-7-9-1-12(17)6-14(4-9)21-8-10-2-11(16)5-13(3-10)18(19)20/h1-6H,7-8H2. The highest BCUT2D eigenvalue weighted by Crippen LogP contribution is 2.21. The molecular weight excluding hydrogens is 304 g/mol. The molecule has 0 radical (unpaired) electrons. The first kappa shape index (κ1) is 15.2. The van der Waals surface area contributed by atoms with Crippen LogP contribution < -0.4 is 4.74 Å². The van der Waals surface area contributed by atoms with Crippen LogP contribution in [0.1, 0.15) is 11.1 Å². The number of benzene rings is 2. The molecule has 0 N–H and O–H groups in total. The topological polar surface area (TPSA) is 52.4 Å². The Balaban J connectivity index is 2.16. The summed E-state index contributed by atoms with van der Waals surface area (Å²) in [6.07, 6.45) is 0. The summed E-state index contributed by atoms with van der Waals surface area (Å²) in [5.41, 5.74) is 0.449. The van der Waals surface area contributed by atoms with Crippen LogP contribution in [-0.4, -0.2) is 4.92 Å². The Labute approximate surface area is 124 Å². The number of nitro groups is 1. The minimum atomic E-state index is -0.733. The van der Waals surface area contributed by atoms with Crippen molar-refractivity contribution in [1.82, 2.24) is 0 Å². The zero-order chi connectivity index (χ0) is 15.4. The lowest BCUT2D eigenvalue weighted by Crippen LogP contribution is -1.99. The maximum absolute atomic E-state index is 13.3. The Kier molecular flexibility index (Phi) is 4.70. The summed E-state index contributed by atoms with van der Waals surface area (Å²) in [5, 5.41) is 10.6. The lowest BCUT2D eigenvalue weighted by molar-refractivity contribution is -0.385. The van der Waals surface area contributed by atoms with Crippen molar-refractivity contribution >= 4 is 17.3 Å². The van der Waals surface area contributed by atoms with Gasteiger partial charge in [-0.2, -0.15) is 0 Å². The van der Waals surface area contributed by atoms with E-state index in [4.69, 9.17) is 16.3 Å². The number of hydrogen-bond acceptors (Lipinski definition) is 3. The minimum Gasteiger partial charge on any atom is -0.489 e. The lowest BCUT2D eigenvalue weighted by atomic mass is 10.2. The van der Waals surface area contributed by atoms with Crippen LogP contribution in [0.25, 0.3) is 0 Å². The molecule has 2 aromatic carbocycles. The first-order valence-corrected chi connectivity index (χ1v) is 6.43. The maximum Gasteiger partial charge on any atom is 0.272 e. The van der Waals surface area contributed by atoms with E-state index in [1.54, 1.807) is 6.07 Å². The third kappa shape index (κ3) is 4.13. The van der Waals surface area contributed by atoms with Crippen LogP contribution in [0, 0.1) is 21.7 Å². The molecule has 0 bridgehead atoms. The quantitative estimate of drug-likeness (QED) is 0.472. The molecular formula is C14H10ClF2NO3. The summed E-state index contributed by atoms with van der Waals surface area (Å²) in [6, 6.07) is 7.11.